The van der Waals surface area contributed by atoms with Crippen LogP contribution >= 0.6 is 0 Å². The van der Waals surface area contributed by atoms with Gasteiger partial charge in [-0.25, -0.2) is 0 Å². The molecule has 0 atom stereocenters. The summed E-state index contributed by atoms with van der Waals surface area (Å²) < 4.78 is 0. The van der Waals surface area contributed by atoms with E-state index >= 15 is 0 Å². The molecular weight excluding hydrogens is 192 g/mol. The van der Waals surface area contributed by atoms with Gasteiger partial charge in [-0.2, -0.15) is 5.10 Å². The Bertz CT molecular complexity index is 343. The summed E-state index contributed by atoms with van der Waals surface area (Å²) >= 11 is 0. The molecule has 4 N–H and O–H groups in total. The van der Waals surface area contributed by atoms with Gasteiger partial charge in [-0.3, -0.25) is 9.89 Å². The lowest BCUT2D eigenvalue weighted by atomic mass is 9.83. The number of nitrogens with zero attached hydrogens (tertiary/aromatic N) is 1. The van der Waals surface area contributed by atoms with Crippen molar-refractivity contribution >= 4 is 11.7 Å². The van der Waals surface area contributed by atoms with Gasteiger partial charge in [-0.05, 0) is 12.3 Å². The van der Waals surface area contributed by atoms with Crippen LogP contribution in [0.4, 0.5) is 5.82 Å². The minimum Gasteiger partial charge on any atom is -0.382 e. The fraction of sp³-hybridized carbons (Fsp3) is 0.600. The van der Waals surface area contributed by atoms with Gasteiger partial charge in [0.15, 0.2) is 0 Å². The average molecular weight is 208 g/mol. The number of amides is 1. The quantitative estimate of drug-likeness (QED) is 0.687. The first-order valence-electron chi connectivity index (χ1n) is 5.35. The molecule has 0 saturated heterocycles. The third kappa shape index (κ3) is 2.49. The van der Waals surface area contributed by atoms with Crippen LogP contribution < -0.4 is 11.1 Å². The van der Waals surface area contributed by atoms with E-state index in [2.05, 4.69) is 15.5 Å². The summed E-state index contributed by atoms with van der Waals surface area (Å²) in [4.78, 5) is 11.5. The number of carbonyl (C=O) groups excluding carboxylic acids is 1. The molecule has 1 aromatic heterocycles. The number of nitrogen functional groups attached to an aromatic ring is 1. The number of H-pyrrole nitrogens is 1. The molecule has 0 bridgehead atoms. The van der Waals surface area contributed by atoms with E-state index in [4.69, 9.17) is 5.73 Å². The molecule has 0 spiro atoms. The molecule has 0 unspecified atom stereocenters. The van der Waals surface area contributed by atoms with Crippen LogP contribution in [0.1, 0.15) is 36.2 Å². The summed E-state index contributed by atoms with van der Waals surface area (Å²) in [7, 11) is 0. The van der Waals surface area contributed by atoms with Crippen LogP contribution in [-0.4, -0.2) is 22.6 Å². The number of hydrogen-bond acceptors (Lipinski definition) is 3. The second-order valence-corrected chi connectivity index (χ2v) is 4.05. The van der Waals surface area contributed by atoms with Gasteiger partial charge in [0.2, 0.25) is 0 Å². The van der Waals surface area contributed by atoms with Crippen LogP contribution in [-0.2, 0) is 0 Å². The first kappa shape index (κ1) is 10.0. The molecule has 5 nitrogen and oxygen atoms in total. The van der Waals surface area contributed by atoms with E-state index in [1.165, 1.54) is 19.3 Å². The Labute approximate surface area is 88.4 Å². The van der Waals surface area contributed by atoms with Crippen molar-refractivity contribution in [2.24, 2.45) is 5.92 Å². The Hall–Kier alpha value is -1.52. The van der Waals surface area contributed by atoms with Crippen molar-refractivity contribution in [3.05, 3.63) is 11.8 Å². The molecule has 82 valence electrons. The van der Waals surface area contributed by atoms with E-state index < -0.39 is 0 Å². The molecule has 2 rings (SSSR count). The van der Waals surface area contributed by atoms with Crippen LogP contribution in [0.25, 0.3) is 0 Å². The number of nitrogens with one attached hydrogen (secondary N) is 2. The molecule has 1 saturated carbocycles. The molecule has 0 radical (unpaired) electrons. The van der Waals surface area contributed by atoms with Gasteiger partial charge in [-0.1, -0.05) is 19.3 Å². The van der Waals surface area contributed by atoms with Gasteiger partial charge in [-0.15, -0.1) is 0 Å². The van der Waals surface area contributed by atoms with Crippen molar-refractivity contribution < 1.29 is 4.79 Å². The summed E-state index contributed by atoms with van der Waals surface area (Å²) in [5.74, 6) is 1.04. The summed E-state index contributed by atoms with van der Waals surface area (Å²) in [5.41, 5.74) is 5.83. The third-order valence-corrected chi connectivity index (χ3v) is 2.91. The second kappa shape index (κ2) is 4.33. The molecule has 1 heterocycles. The highest BCUT2D eigenvalue weighted by atomic mass is 16.1. The van der Waals surface area contributed by atoms with E-state index in [0.29, 0.717) is 11.5 Å². The van der Waals surface area contributed by atoms with Gasteiger partial charge in [0, 0.05) is 12.6 Å². The van der Waals surface area contributed by atoms with Crippen molar-refractivity contribution in [2.45, 2.75) is 25.7 Å². The molecule has 5 heteroatoms. The van der Waals surface area contributed by atoms with Crippen LogP contribution in [0.3, 0.4) is 0 Å². The lowest BCUT2D eigenvalue weighted by molar-refractivity contribution is 0.0944. The predicted molar refractivity (Wildman–Crippen MR) is 57.3 cm³/mol. The van der Waals surface area contributed by atoms with Crippen LogP contribution in [0.15, 0.2) is 6.07 Å². The fourth-order valence-electron chi connectivity index (χ4n) is 1.72. The molecule has 15 heavy (non-hydrogen) atoms. The van der Waals surface area contributed by atoms with Crippen LogP contribution in [0, 0.1) is 5.92 Å². The van der Waals surface area contributed by atoms with Gasteiger partial charge in [0.1, 0.15) is 11.5 Å². The Morgan fingerprint density at radius 3 is 3.00 bits per heavy atom. The second-order valence-electron chi connectivity index (χ2n) is 4.05. The van der Waals surface area contributed by atoms with Crippen molar-refractivity contribution in [2.75, 3.05) is 12.3 Å². The van der Waals surface area contributed by atoms with Gasteiger partial charge in [0.25, 0.3) is 5.91 Å². The summed E-state index contributed by atoms with van der Waals surface area (Å²) in [5, 5.41) is 9.13. The van der Waals surface area contributed by atoms with Crippen LogP contribution in [0.2, 0.25) is 0 Å². The largest absolute Gasteiger partial charge is 0.382 e. The smallest absolute Gasteiger partial charge is 0.269 e. The Morgan fingerprint density at radius 1 is 1.67 bits per heavy atom. The molecular formula is C10H16N4O. The van der Waals surface area contributed by atoms with Gasteiger partial charge < -0.3 is 11.1 Å². The molecule has 0 aromatic carbocycles. The predicted octanol–water partition coefficient (Wildman–Crippen LogP) is 0.912. The summed E-state index contributed by atoms with van der Waals surface area (Å²) in [6, 6.07) is 1.54. The number of nitrogens with two attached hydrogens (primary N) is 1. The topological polar surface area (TPSA) is 83.8 Å². The van der Waals surface area contributed by atoms with E-state index in [0.717, 1.165) is 18.9 Å². The monoisotopic (exact) mass is 208 g/mol. The van der Waals surface area contributed by atoms with Gasteiger partial charge in [0.05, 0.1) is 0 Å². The number of aromatic amines is 1. The average Bonchev–Trinajstić information content (AvgIpc) is 2.56. The summed E-state index contributed by atoms with van der Waals surface area (Å²) in [6.45, 7) is 0.739. The number of carbonyl (C=O) groups is 1. The zero-order chi connectivity index (χ0) is 10.7. The number of anilines is 1. The van der Waals surface area contributed by atoms with Crippen molar-refractivity contribution in [1.82, 2.24) is 15.5 Å². The Balaban J connectivity index is 1.72. The molecule has 1 amide bonds. The fourth-order valence-corrected chi connectivity index (χ4v) is 1.72. The van der Waals surface area contributed by atoms with Gasteiger partial charge >= 0.3 is 0 Å². The van der Waals surface area contributed by atoms with E-state index in [1.54, 1.807) is 6.07 Å². The third-order valence-electron chi connectivity index (χ3n) is 2.91. The molecule has 0 aliphatic heterocycles. The van der Waals surface area contributed by atoms with Crippen LogP contribution in [0.5, 0.6) is 0 Å². The maximum absolute atomic E-state index is 11.5. The van der Waals surface area contributed by atoms with Crippen molar-refractivity contribution in [3.8, 4) is 0 Å². The minimum absolute atomic E-state index is 0.126. The lowest BCUT2D eigenvalue weighted by Gasteiger charge is -2.24. The highest BCUT2D eigenvalue weighted by Crippen LogP contribution is 2.28. The maximum Gasteiger partial charge on any atom is 0.269 e. The molecule has 1 fully saturated rings. The maximum atomic E-state index is 11.5. The molecule has 1 aromatic rings. The highest BCUT2D eigenvalue weighted by molar-refractivity contribution is 5.92. The number of rotatable bonds is 4. The van der Waals surface area contributed by atoms with Crippen molar-refractivity contribution in [3.63, 3.8) is 0 Å². The Morgan fingerprint density at radius 2 is 2.47 bits per heavy atom. The van der Waals surface area contributed by atoms with E-state index in [9.17, 15) is 4.79 Å². The standard InChI is InChI=1S/C10H16N4O/c11-9-6-8(13-14-9)10(15)12-5-4-7-2-1-3-7/h6-7H,1-5H2,(H,12,15)(H3,11,13,14). The minimum atomic E-state index is -0.126. The number of hydrogen-bond donors (Lipinski definition) is 3. The van der Waals surface area contributed by atoms with E-state index in [-0.39, 0.29) is 5.91 Å². The SMILES string of the molecule is Nc1cc(C(=O)NCCC2CCC2)[nH]n1. The highest BCUT2D eigenvalue weighted by Gasteiger charge is 2.17. The number of aromatic nitrogens is 2. The normalized spacial score (nSPS) is 16.0. The molecule has 1 aliphatic carbocycles. The zero-order valence-corrected chi connectivity index (χ0v) is 8.62. The Kier molecular flexibility index (Phi) is 2.89. The van der Waals surface area contributed by atoms with E-state index in [1.807, 2.05) is 0 Å². The first-order chi connectivity index (χ1) is 7.25. The first-order valence-corrected chi connectivity index (χ1v) is 5.35. The summed E-state index contributed by atoms with van der Waals surface area (Å²) in [6.07, 6.45) is 5.05. The lowest BCUT2D eigenvalue weighted by Crippen LogP contribution is -2.27. The van der Waals surface area contributed by atoms with Crippen molar-refractivity contribution in [1.29, 1.82) is 0 Å². The molecule has 1 aliphatic rings. The zero-order valence-electron chi connectivity index (χ0n) is 8.62.